The number of rotatable bonds is 3. The molecule has 1 unspecified atom stereocenters. The van der Waals surface area contributed by atoms with E-state index in [0.29, 0.717) is 24.9 Å². The van der Waals surface area contributed by atoms with E-state index in [9.17, 15) is 8.42 Å². The number of sulfonamides is 1. The van der Waals surface area contributed by atoms with Crippen LogP contribution in [0.1, 0.15) is 19.3 Å². The molecule has 0 saturated carbocycles. The molecule has 2 saturated heterocycles. The molecule has 0 spiro atoms. The van der Waals surface area contributed by atoms with Crippen LogP contribution in [-0.2, 0) is 10.0 Å². The fourth-order valence-corrected chi connectivity index (χ4v) is 4.19. The molecule has 0 radical (unpaired) electrons. The molecule has 5 nitrogen and oxygen atoms in total. The van der Waals surface area contributed by atoms with Crippen LogP contribution in [0.4, 0.5) is 0 Å². The molecule has 0 bridgehead atoms. The average molecular weight is 261 g/mol. The first kappa shape index (κ1) is 13.3. The summed E-state index contributed by atoms with van der Waals surface area (Å²) in [6, 6.07) is 0.436. The fourth-order valence-electron chi connectivity index (χ4n) is 2.58. The summed E-state index contributed by atoms with van der Waals surface area (Å²) in [7, 11) is -0.829. The van der Waals surface area contributed by atoms with Gasteiger partial charge in [-0.1, -0.05) is 0 Å². The number of nitrogens with one attached hydrogen (secondary N) is 1. The van der Waals surface area contributed by atoms with E-state index in [1.807, 2.05) is 0 Å². The summed E-state index contributed by atoms with van der Waals surface area (Å²) in [6.45, 7) is 4.50. The largest absolute Gasteiger partial charge is 0.311 e. The molecule has 2 heterocycles. The third-order valence-electron chi connectivity index (χ3n) is 3.64. The SMILES string of the molecule is CN1CCNC(CCN2CCCCS2(=O)=O)C1. The van der Waals surface area contributed by atoms with Gasteiger partial charge in [-0.05, 0) is 26.3 Å². The molecule has 0 amide bonds. The molecule has 2 fully saturated rings. The summed E-state index contributed by atoms with van der Waals surface area (Å²) in [4.78, 5) is 2.30. The maximum absolute atomic E-state index is 11.8. The monoisotopic (exact) mass is 261 g/mol. The topological polar surface area (TPSA) is 52.6 Å². The van der Waals surface area contributed by atoms with Crippen molar-refractivity contribution in [3.63, 3.8) is 0 Å². The first-order valence-corrected chi connectivity index (χ1v) is 8.08. The molecule has 0 aromatic rings. The molecule has 2 aliphatic rings. The van der Waals surface area contributed by atoms with Crippen molar-refractivity contribution >= 4 is 10.0 Å². The number of nitrogens with zero attached hydrogens (tertiary/aromatic N) is 2. The summed E-state index contributed by atoms with van der Waals surface area (Å²) in [5.41, 5.74) is 0. The Kier molecular flexibility index (Phi) is 4.41. The second kappa shape index (κ2) is 5.65. The molecule has 1 atom stereocenters. The van der Waals surface area contributed by atoms with E-state index in [1.165, 1.54) is 0 Å². The van der Waals surface area contributed by atoms with E-state index >= 15 is 0 Å². The molecule has 2 aliphatic heterocycles. The van der Waals surface area contributed by atoms with Gasteiger partial charge in [-0.3, -0.25) is 0 Å². The molecule has 0 aromatic heterocycles. The normalized spacial score (nSPS) is 31.5. The van der Waals surface area contributed by atoms with Crippen LogP contribution >= 0.6 is 0 Å². The lowest BCUT2D eigenvalue weighted by molar-refractivity contribution is 0.222. The van der Waals surface area contributed by atoms with Crippen molar-refractivity contribution in [3.05, 3.63) is 0 Å². The third kappa shape index (κ3) is 3.64. The average Bonchev–Trinajstić information content (AvgIpc) is 2.27. The maximum atomic E-state index is 11.8. The van der Waals surface area contributed by atoms with Gasteiger partial charge in [-0.25, -0.2) is 12.7 Å². The Labute approximate surface area is 104 Å². The number of piperazine rings is 1. The van der Waals surface area contributed by atoms with Crippen LogP contribution in [0.2, 0.25) is 0 Å². The highest BCUT2D eigenvalue weighted by Gasteiger charge is 2.26. The summed E-state index contributed by atoms with van der Waals surface area (Å²) >= 11 is 0. The Balaban J connectivity index is 1.80. The van der Waals surface area contributed by atoms with Crippen LogP contribution in [0.3, 0.4) is 0 Å². The molecule has 1 N–H and O–H groups in total. The summed E-state index contributed by atoms with van der Waals surface area (Å²) in [6.07, 6.45) is 2.75. The van der Waals surface area contributed by atoms with Crippen LogP contribution in [-0.4, -0.2) is 69.2 Å². The van der Waals surface area contributed by atoms with Crippen LogP contribution in [0.25, 0.3) is 0 Å². The Hall–Kier alpha value is -0.170. The van der Waals surface area contributed by atoms with Gasteiger partial charge in [0.05, 0.1) is 5.75 Å². The first-order valence-electron chi connectivity index (χ1n) is 6.48. The van der Waals surface area contributed by atoms with E-state index in [2.05, 4.69) is 17.3 Å². The zero-order valence-electron chi connectivity index (χ0n) is 10.6. The molecule has 100 valence electrons. The zero-order valence-corrected chi connectivity index (χ0v) is 11.4. The van der Waals surface area contributed by atoms with Gasteiger partial charge >= 0.3 is 0 Å². The van der Waals surface area contributed by atoms with Crippen molar-refractivity contribution in [2.24, 2.45) is 0 Å². The van der Waals surface area contributed by atoms with Crippen molar-refractivity contribution in [1.82, 2.24) is 14.5 Å². The Morgan fingerprint density at radius 1 is 1.29 bits per heavy atom. The van der Waals surface area contributed by atoms with Gasteiger partial charge in [-0.2, -0.15) is 0 Å². The molecule has 0 aromatic carbocycles. The smallest absolute Gasteiger partial charge is 0.214 e. The van der Waals surface area contributed by atoms with Crippen LogP contribution in [0, 0.1) is 0 Å². The van der Waals surface area contributed by atoms with Gasteiger partial charge in [-0.15, -0.1) is 0 Å². The van der Waals surface area contributed by atoms with Crippen molar-refractivity contribution in [2.45, 2.75) is 25.3 Å². The summed E-state index contributed by atoms with van der Waals surface area (Å²) in [5.74, 6) is 0.338. The predicted molar refractivity (Wildman–Crippen MR) is 68.5 cm³/mol. The molecule has 17 heavy (non-hydrogen) atoms. The molecular formula is C11H23N3O2S. The standard InChI is InChI=1S/C11H23N3O2S/c1-13-8-5-12-11(10-13)4-7-14-6-2-3-9-17(14,15)16/h11-12H,2-10H2,1H3. The first-order chi connectivity index (χ1) is 8.08. The molecule has 2 rings (SSSR count). The van der Waals surface area contributed by atoms with E-state index in [1.54, 1.807) is 4.31 Å². The van der Waals surface area contributed by atoms with Gasteiger partial charge in [0.1, 0.15) is 0 Å². The van der Waals surface area contributed by atoms with Crippen LogP contribution < -0.4 is 5.32 Å². The van der Waals surface area contributed by atoms with Crippen LogP contribution in [0.5, 0.6) is 0 Å². The number of hydrogen-bond donors (Lipinski definition) is 1. The lowest BCUT2D eigenvalue weighted by Gasteiger charge is -2.33. The lowest BCUT2D eigenvalue weighted by atomic mass is 10.1. The van der Waals surface area contributed by atoms with Crippen molar-refractivity contribution < 1.29 is 8.42 Å². The number of likely N-dealkylation sites (N-methyl/N-ethyl adjacent to an activating group) is 1. The van der Waals surface area contributed by atoms with Crippen molar-refractivity contribution in [1.29, 1.82) is 0 Å². The predicted octanol–water partition coefficient (Wildman–Crippen LogP) is -0.294. The highest BCUT2D eigenvalue weighted by atomic mass is 32.2. The fraction of sp³-hybridized carbons (Fsp3) is 1.00. The van der Waals surface area contributed by atoms with Crippen molar-refractivity contribution in [2.75, 3.05) is 45.5 Å². The minimum Gasteiger partial charge on any atom is -0.311 e. The quantitative estimate of drug-likeness (QED) is 0.758. The Morgan fingerprint density at radius 3 is 2.82 bits per heavy atom. The van der Waals surface area contributed by atoms with E-state index in [-0.39, 0.29) is 0 Å². The molecule has 6 heteroatoms. The highest BCUT2D eigenvalue weighted by Crippen LogP contribution is 2.14. The van der Waals surface area contributed by atoms with Gasteiger partial charge in [0, 0.05) is 38.8 Å². The van der Waals surface area contributed by atoms with Gasteiger partial charge in [0.15, 0.2) is 0 Å². The molecular weight excluding hydrogens is 238 g/mol. The van der Waals surface area contributed by atoms with E-state index in [4.69, 9.17) is 0 Å². The van der Waals surface area contributed by atoms with Gasteiger partial charge < -0.3 is 10.2 Å². The number of hydrogen-bond acceptors (Lipinski definition) is 4. The van der Waals surface area contributed by atoms with E-state index in [0.717, 1.165) is 38.9 Å². The minimum atomic E-state index is -2.95. The molecule has 0 aliphatic carbocycles. The second-order valence-corrected chi connectivity index (χ2v) is 7.21. The van der Waals surface area contributed by atoms with Gasteiger partial charge in [0.2, 0.25) is 10.0 Å². The summed E-state index contributed by atoms with van der Waals surface area (Å²) < 4.78 is 25.3. The van der Waals surface area contributed by atoms with E-state index < -0.39 is 10.0 Å². The minimum absolute atomic E-state index is 0.338. The Morgan fingerprint density at radius 2 is 2.12 bits per heavy atom. The third-order valence-corrected chi connectivity index (χ3v) is 5.60. The van der Waals surface area contributed by atoms with Gasteiger partial charge in [0.25, 0.3) is 0 Å². The second-order valence-electron chi connectivity index (χ2n) is 5.12. The lowest BCUT2D eigenvalue weighted by Crippen LogP contribution is -2.50. The van der Waals surface area contributed by atoms with Crippen molar-refractivity contribution in [3.8, 4) is 0 Å². The highest BCUT2D eigenvalue weighted by molar-refractivity contribution is 7.89. The van der Waals surface area contributed by atoms with Crippen LogP contribution in [0.15, 0.2) is 0 Å². The summed E-state index contributed by atoms with van der Waals surface area (Å²) in [5, 5.41) is 3.45. The maximum Gasteiger partial charge on any atom is 0.214 e. The zero-order chi connectivity index (χ0) is 12.3. The Bertz CT molecular complexity index is 345.